The number of nitrogens with one attached hydrogen (secondary N) is 3. The minimum Gasteiger partial charge on any atom is -0.369 e. The molecule has 0 aliphatic carbocycles. The van der Waals surface area contributed by atoms with Gasteiger partial charge in [-0.2, -0.15) is 4.98 Å². The number of imidazole rings is 1. The molecule has 0 aliphatic heterocycles. The van der Waals surface area contributed by atoms with Crippen molar-refractivity contribution >= 4 is 44.4 Å². The summed E-state index contributed by atoms with van der Waals surface area (Å²) in [4.78, 5) is 21.2. The molecule has 4 aromatic rings. The van der Waals surface area contributed by atoms with Crippen molar-refractivity contribution in [3.05, 3.63) is 54.1 Å². The zero-order valence-corrected chi connectivity index (χ0v) is 17.1. The van der Waals surface area contributed by atoms with Crippen LogP contribution in [-0.2, 0) is 12.2 Å². The van der Waals surface area contributed by atoms with Crippen LogP contribution in [-0.4, -0.2) is 38.0 Å². The van der Waals surface area contributed by atoms with Crippen LogP contribution in [0.25, 0.3) is 10.3 Å². The van der Waals surface area contributed by atoms with E-state index in [1.54, 1.807) is 29.4 Å². The molecule has 144 valence electrons. The quantitative estimate of drug-likeness (QED) is 0.281. The van der Waals surface area contributed by atoms with E-state index in [0.717, 1.165) is 57.4 Å². The molecule has 0 radical (unpaired) electrons. The van der Waals surface area contributed by atoms with Crippen LogP contribution < -0.4 is 10.6 Å². The Kier molecular flexibility index (Phi) is 6.03. The molecule has 0 saturated carbocycles. The molecule has 0 aliphatic rings. The number of fused-ring (bicyclic) bond motifs is 1. The van der Waals surface area contributed by atoms with Crippen LogP contribution in [0.2, 0.25) is 0 Å². The van der Waals surface area contributed by atoms with Gasteiger partial charge in [0.25, 0.3) is 0 Å². The normalized spacial score (nSPS) is 11.0. The molecule has 1 aromatic carbocycles. The molecule has 0 spiro atoms. The SMILES string of the molecule is CCNc1nc(SCc2ccccc2)nc2nc(NCCc3cnc[nH]3)sc12. The monoisotopic (exact) mass is 411 g/mol. The number of thioether (sulfide) groups is 1. The number of aromatic nitrogens is 5. The van der Waals surface area contributed by atoms with Crippen molar-refractivity contribution in [2.75, 3.05) is 23.7 Å². The van der Waals surface area contributed by atoms with Gasteiger partial charge < -0.3 is 15.6 Å². The highest BCUT2D eigenvalue weighted by atomic mass is 32.2. The van der Waals surface area contributed by atoms with Gasteiger partial charge in [0.1, 0.15) is 10.5 Å². The maximum atomic E-state index is 4.71. The maximum absolute atomic E-state index is 4.71. The molecule has 28 heavy (non-hydrogen) atoms. The Morgan fingerprint density at radius 3 is 2.79 bits per heavy atom. The van der Waals surface area contributed by atoms with Crippen LogP contribution in [0.5, 0.6) is 0 Å². The molecule has 0 unspecified atom stereocenters. The van der Waals surface area contributed by atoms with E-state index in [0.29, 0.717) is 0 Å². The molecule has 7 nitrogen and oxygen atoms in total. The molecular formula is C19H21N7S2. The van der Waals surface area contributed by atoms with Crippen molar-refractivity contribution in [1.82, 2.24) is 24.9 Å². The third-order valence-corrected chi connectivity index (χ3v) is 5.94. The van der Waals surface area contributed by atoms with E-state index < -0.39 is 0 Å². The van der Waals surface area contributed by atoms with Gasteiger partial charge in [0.05, 0.1) is 6.33 Å². The summed E-state index contributed by atoms with van der Waals surface area (Å²) in [5.74, 6) is 1.68. The highest BCUT2D eigenvalue weighted by Gasteiger charge is 2.13. The fourth-order valence-electron chi connectivity index (χ4n) is 2.68. The fraction of sp³-hybridized carbons (Fsp3) is 0.263. The average Bonchev–Trinajstić information content (AvgIpc) is 3.37. The second-order valence-electron chi connectivity index (χ2n) is 6.08. The molecule has 0 amide bonds. The third kappa shape index (κ3) is 4.60. The van der Waals surface area contributed by atoms with E-state index in [4.69, 9.17) is 4.98 Å². The molecule has 0 atom stereocenters. The molecule has 0 bridgehead atoms. The van der Waals surface area contributed by atoms with Gasteiger partial charge in [0.2, 0.25) is 0 Å². The number of aromatic amines is 1. The lowest BCUT2D eigenvalue weighted by Crippen LogP contribution is -2.04. The summed E-state index contributed by atoms with van der Waals surface area (Å²) in [6, 6.07) is 10.3. The number of hydrogen-bond acceptors (Lipinski definition) is 8. The number of nitrogens with zero attached hydrogens (tertiary/aromatic N) is 4. The highest BCUT2D eigenvalue weighted by Crippen LogP contribution is 2.32. The summed E-state index contributed by atoms with van der Waals surface area (Å²) in [6.45, 7) is 3.65. The summed E-state index contributed by atoms with van der Waals surface area (Å²) >= 11 is 3.20. The van der Waals surface area contributed by atoms with Gasteiger partial charge >= 0.3 is 0 Å². The second kappa shape index (κ2) is 9.03. The number of anilines is 2. The van der Waals surface area contributed by atoms with Gasteiger partial charge in [0.15, 0.2) is 15.9 Å². The van der Waals surface area contributed by atoms with Gasteiger partial charge in [-0.1, -0.05) is 53.4 Å². The van der Waals surface area contributed by atoms with E-state index in [9.17, 15) is 0 Å². The topological polar surface area (TPSA) is 91.4 Å². The van der Waals surface area contributed by atoms with Crippen LogP contribution >= 0.6 is 23.1 Å². The Morgan fingerprint density at radius 2 is 2.00 bits per heavy atom. The van der Waals surface area contributed by atoms with Crippen LogP contribution in [0.4, 0.5) is 10.9 Å². The first-order chi connectivity index (χ1) is 13.8. The number of rotatable bonds is 9. The summed E-state index contributed by atoms with van der Waals surface area (Å²) in [6.07, 6.45) is 4.39. The molecule has 3 N–H and O–H groups in total. The Bertz CT molecular complexity index is 1020. The highest BCUT2D eigenvalue weighted by molar-refractivity contribution is 7.98. The zero-order valence-electron chi connectivity index (χ0n) is 15.5. The van der Waals surface area contributed by atoms with E-state index in [2.05, 4.69) is 49.6 Å². The van der Waals surface area contributed by atoms with Crippen LogP contribution in [0.1, 0.15) is 18.2 Å². The smallest absolute Gasteiger partial charge is 0.191 e. The lowest BCUT2D eigenvalue weighted by Gasteiger charge is -2.06. The number of thiazole rings is 1. The first-order valence-electron chi connectivity index (χ1n) is 9.12. The van der Waals surface area contributed by atoms with Crippen molar-refractivity contribution in [2.24, 2.45) is 0 Å². The van der Waals surface area contributed by atoms with E-state index in [-0.39, 0.29) is 0 Å². The average molecular weight is 412 g/mol. The maximum Gasteiger partial charge on any atom is 0.191 e. The molecule has 0 saturated heterocycles. The van der Waals surface area contributed by atoms with Crippen LogP contribution in [0, 0.1) is 0 Å². The minimum absolute atomic E-state index is 0.732. The summed E-state index contributed by atoms with van der Waals surface area (Å²) in [5.41, 5.74) is 3.08. The van der Waals surface area contributed by atoms with Crippen molar-refractivity contribution in [1.29, 1.82) is 0 Å². The van der Waals surface area contributed by atoms with Crippen LogP contribution in [0.3, 0.4) is 0 Å². The van der Waals surface area contributed by atoms with E-state index in [1.807, 2.05) is 24.4 Å². The van der Waals surface area contributed by atoms with Gasteiger partial charge in [-0.05, 0) is 12.5 Å². The summed E-state index contributed by atoms with van der Waals surface area (Å²) < 4.78 is 0.981. The van der Waals surface area contributed by atoms with E-state index >= 15 is 0 Å². The summed E-state index contributed by atoms with van der Waals surface area (Å²) in [7, 11) is 0. The Labute approximate surface area is 171 Å². The van der Waals surface area contributed by atoms with Crippen LogP contribution in [0.15, 0.2) is 48.0 Å². The van der Waals surface area contributed by atoms with Crippen molar-refractivity contribution in [3.63, 3.8) is 0 Å². The number of benzene rings is 1. The molecule has 0 fully saturated rings. The second-order valence-corrected chi connectivity index (χ2v) is 8.03. The van der Waals surface area contributed by atoms with Crippen molar-refractivity contribution < 1.29 is 0 Å². The lowest BCUT2D eigenvalue weighted by molar-refractivity contribution is 0.968. The fourth-order valence-corrected chi connectivity index (χ4v) is 4.37. The van der Waals surface area contributed by atoms with Gasteiger partial charge in [0, 0.05) is 37.2 Å². The standard InChI is InChI=1S/C19H21N7S2/c1-2-21-16-15-17(25-18(28-15)22-9-8-14-10-20-12-23-14)26-19(24-16)27-11-13-6-4-3-5-7-13/h3-7,10,12H,2,8-9,11H2,1H3,(H,20,23)(H2,21,22,24,25,26). The third-order valence-electron chi connectivity index (χ3n) is 4.01. The molecule has 4 rings (SSSR count). The van der Waals surface area contributed by atoms with Gasteiger partial charge in [-0.15, -0.1) is 0 Å². The Hall–Kier alpha value is -2.65. The largest absolute Gasteiger partial charge is 0.369 e. The first-order valence-corrected chi connectivity index (χ1v) is 10.9. The predicted molar refractivity (Wildman–Crippen MR) is 116 cm³/mol. The zero-order chi connectivity index (χ0) is 19.2. The molecule has 9 heteroatoms. The van der Waals surface area contributed by atoms with E-state index in [1.165, 1.54) is 5.56 Å². The van der Waals surface area contributed by atoms with Crippen molar-refractivity contribution in [3.8, 4) is 0 Å². The molecule has 3 heterocycles. The lowest BCUT2D eigenvalue weighted by atomic mass is 10.2. The molecule has 3 aromatic heterocycles. The first kappa shape index (κ1) is 18.7. The Morgan fingerprint density at radius 1 is 1.11 bits per heavy atom. The number of hydrogen-bond donors (Lipinski definition) is 3. The van der Waals surface area contributed by atoms with Crippen molar-refractivity contribution in [2.45, 2.75) is 24.3 Å². The van der Waals surface area contributed by atoms with Gasteiger partial charge in [-0.3, -0.25) is 0 Å². The van der Waals surface area contributed by atoms with Gasteiger partial charge in [-0.25, -0.2) is 15.0 Å². The summed E-state index contributed by atoms with van der Waals surface area (Å²) in [5, 5.41) is 8.31. The Balaban J connectivity index is 1.49. The number of H-pyrrole nitrogens is 1. The molecular weight excluding hydrogens is 390 g/mol. The predicted octanol–water partition coefficient (Wildman–Crippen LogP) is 4.19. The minimum atomic E-state index is 0.732.